The molecule has 0 aromatic carbocycles. The van der Waals surface area contributed by atoms with Crippen LogP contribution in [-0.4, -0.2) is 71.7 Å². The topological polar surface area (TPSA) is 55.8 Å². The van der Waals surface area contributed by atoms with E-state index in [1.165, 1.54) is 0 Å². The molecule has 1 aliphatic heterocycles. The number of likely N-dealkylation sites (tertiary alicyclic amines) is 1. The van der Waals surface area contributed by atoms with Crippen LogP contribution in [0.5, 0.6) is 0 Å². The lowest BCUT2D eigenvalue weighted by Crippen LogP contribution is -2.57. The lowest BCUT2D eigenvalue weighted by Gasteiger charge is -2.32. The molecule has 0 spiro atoms. The Labute approximate surface area is 123 Å². The predicted octanol–water partition coefficient (Wildman–Crippen LogP) is 1.25. The third-order valence-corrected chi connectivity index (χ3v) is 4.35. The quantitative estimate of drug-likeness (QED) is 0.668. The molecule has 2 N–H and O–H groups in total. The molecular formula is C15H31N3O2. The fraction of sp³-hybridized carbons (Fsp3) is 0.933. The van der Waals surface area contributed by atoms with Crippen LogP contribution >= 0.6 is 0 Å². The van der Waals surface area contributed by atoms with Gasteiger partial charge in [0.25, 0.3) is 0 Å². The number of nitrogens with zero attached hydrogens (tertiary/aromatic N) is 2. The predicted molar refractivity (Wildman–Crippen MR) is 82.1 cm³/mol. The molecule has 1 aliphatic rings. The fourth-order valence-corrected chi connectivity index (χ4v) is 3.04. The molecule has 0 saturated carbocycles. The Kier molecular flexibility index (Phi) is 6.92. The number of nitrogens with one attached hydrogen (secondary N) is 1. The van der Waals surface area contributed by atoms with E-state index < -0.39 is 11.5 Å². The van der Waals surface area contributed by atoms with E-state index in [0.717, 1.165) is 45.6 Å². The van der Waals surface area contributed by atoms with Gasteiger partial charge in [-0.3, -0.25) is 14.6 Å². The molecular weight excluding hydrogens is 254 g/mol. The molecule has 1 rings (SSSR count). The van der Waals surface area contributed by atoms with Crippen LogP contribution in [0.3, 0.4) is 0 Å². The molecule has 0 aliphatic carbocycles. The van der Waals surface area contributed by atoms with E-state index in [1.54, 1.807) is 6.92 Å². The second-order valence-electron chi connectivity index (χ2n) is 5.96. The molecule has 1 heterocycles. The first-order valence-electron chi connectivity index (χ1n) is 7.91. The lowest BCUT2D eigenvalue weighted by atomic mass is 10.0. The molecule has 2 unspecified atom stereocenters. The SMILES string of the molecule is CCCNC(C)(CN1CCC(N(CC)CC)C1)C(=O)O. The summed E-state index contributed by atoms with van der Waals surface area (Å²) in [5.74, 6) is -0.753. The average molecular weight is 285 g/mol. The van der Waals surface area contributed by atoms with Crippen LogP contribution in [0.1, 0.15) is 40.5 Å². The number of hydrogen-bond donors (Lipinski definition) is 2. The molecule has 0 aromatic rings. The molecule has 118 valence electrons. The van der Waals surface area contributed by atoms with Crippen LogP contribution in [0.25, 0.3) is 0 Å². The Bertz CT molecular complexity index is 307. The van der Waals surface area contributed by atoms with Crippen LogP contribution in [0, 0.1) is 0 Å². The van der Waals surface area contributed by atoms with Crippen molar-refractivity contribution in [1.29, 1.82) is 0 Å². The minimum Gasteiger partial charge on any atom is -0.480 e. The van der Waals surface area contributed by atoms with E-state index >= 15 is 0 Å². The van der Waals surface area contributed by atoms with Crippen LogP contribution in [0.2, 0.25) is 0 Å². The van der Waals surface area contributed by atoms with Gasteiger partial charge in [0, 0.05) is 19.1 Å². The van der Waals surface area contributed by atoms with E-state index in [9.17, 15) is 9.90 Å². The molecule has 1 saturated heterocycles. The monoisotopic (exact) mass is 285 g/mol. The van der Waals surface area contributed by atoms with E-state index in [0.29, 0.717) is 12.6 Å². The normalized spacial score (nSPS) is 23.1. The highest BCUT2D eigenvalue weighted by Crippen LogP contribution is 2.18. The molecule has 0 amide bonds. The third-order valence-electron chi connectivity index (χ3n) is 4.35. The highest BCUT2D eigenvalue weighted by Gasteiger charge is 2.37. The number of aliphatic carboxylic acids is 1. The van der Waals surface area contributed by atoms with E-state index in [1.807, 2.05) is 0 Å². The number of rotatable bonds is 9. The minimum absolute atomic E-state index is 0.578. The highest BCUT2D eigenvalue weighted by molar-refractivity contribution is 5.78. The van der Waals surface area contributed by atoms with Crippen LogP contribution < -0.4 is 5.32 Å². The highest BCUT2D eigenvalue weighted by atomic mass is 16.4. The van der Waals surface area contributed by atoms with Gasteiger partial charge in [0.1, 0.15) is 5.54 Å². The molecule has 0 bridgehead atoms. The van der Waals surface area contributed by atoms with Gasteiger partial charge >= 0.3 is 5.97 Å². The van der Waals surface area contributed by atoms with Crippen LogP contribution in [-0.2, 0) is 4.79 Å². The Morgan fingerprint density at radius 3 is 2.55 bits per heavy atom. The summed E-state index contributed by atoms with van der Waals surface area (Å²) in [6.45, 7) is 13.7. The van der Waals surface area contributed by atoms with Crippen molar-refractivity contribution in [3.05, 3.63) is 0 Å². The van der Waals surface area contributed by atoms with Gasteiger partial charge in [0.15, 0.2) is 0 Å². The second-order valence-corrected chi connectivity index (χ2v) is 5.96. The molecule has 0 aromatic heterocycles. The summed E-state index contributed by atoms with van der Waals surface area (Å²) in [7, 11) is 0. The van der Waals surface area contributed by atoms with Gasteiger partial charge < -0.3 is 10.4 Å². The summed E-state index contributed by atoms with van der Waals surface area (Å²) in [4.78, 5) is 16.3. The fourth-order valence-electron chi connectivity index (χ4n) is 3.04. The van der Waals surface area contributed by atoms with Crippen molar-refractivity contribution >= 4 is 5.97 Å². The first kappa shape index (κ1) is 17.4. The van der Waals surface area contributed by atoms with Gasteiger partial charge in [-0.15, -0.1) is 0 Å². The first-order chi connectivity index (χ1) is 9.46. The molecule has 5 heteroatoms. The van der Waals surface area contributed by atoms with Gasteiger partial charge in [0.2, 0.25) is 0 Å². The van der Waals surface area contributed by atoms with Gasteiger partial charge in [-0.1, -0.05) is 20.8 Å². The lowest BCUT2D eigenvalue weighted by molar-refractivity contribution is -0.145. The van der Waals surface area contributed by atoms with Gasteiger partial charge in [-0.05, 0) is 45.9 Å². The minimum atomic E-state index is -0.839. The number of carboxylic acids is 1. The number of carbonyl (C=O) groups is 1. The van der Waals surface area contributed by atoms with Crippen LogP contribution in [0.15, 0.2) is 0 Å². The first-order valence-corrected chi connectivity index (χ1v) is 7.91. The summed E-state index contributed by atoms with van der Waals surface area (Å²) in [6, 6.07) is 0.578. The van der Waals surface area contributed by atoms with Crippen molar-refractivity contribution in [3.63, 3.8) is 0 Å². The van der Waals surface area contributed by atoms with E-state index in [-0.39, 0.29) is 0 Å². The molecule has 20 heavy (non-hydrogen) atoms. The third kappa shape index (κ3) is 4.43. The molecule has 0 radical (unpaired) electrons. The van der Waals surface area contributed by atoms with Crippen molar-refractivity contribution in [3.8, 4) is 0 Å². The van der Waals surface area contributed by atoms with Gasteiger partial charge in [0.05, 0.1) is 0 Å². The zero-order chi connectivity index (χ0) is 15.2. The zero-order valence-corrected chi connectivity index (χ0v) is 13.5. The summed E-state index contributed by atoms with van der Waals surface area (Å²) >= 11 is 0. The Balaban J connectivity index is 2.57. The Morgan fingerprint density at radius 2 is 2.05 bits per heavy atom. The maximum absolute atomic E-state index is 11.5. The van der Waals surface area contributed by atoms with Crippen molar-refractivity contribution in [2.45, 2.75) is 52.1 Å². The number of likely N-dealkylation sites (N-methyl/N-ethyl adjacent to an activating group) is 1. The number of carboxylic acid groups (broad SMARTS) is 1. The van der Waals surface area contributed by atoms with Crippen molar-refractivity contribution in [1.82, 2.24) is 15.1 Å². The van der Waals surface area contributed by atoms with Crippen molar-refractivity contribution < 1.29 is 9.90 Å². The second kappa shape index (κ2) is 7.96. The van der Waals surface area contributed by atoms with Crippen molar-refractivity contribution in [2.75, 3.05) is 39.3 Å². The van der Waals surface area contributed by atoms with Crippen LogP contribution in [0.4, 0.5) is 0 Å². The summed E-state index contributed by atoms with van der Waals surface area (Å²) in [5, 5.41) is 12.7. The largest absolute Gasteiger partial charge is 0.480 e. The van der Waals surface area contributed by atoms with Crippen molar-refractivity contribution in [2.24, 2.45) is 0 Å². The molecule has 2 atom stereocenters. The smallest absolute Gasteiger partial charge is 0.324 e. The maximum Gasteiger partial charge on any atom is 0.324 e. The maximum atomic E-state index is 11.5. The summed E-state index contributed by atoms with van der Waals surface area (Å²) in [6.07, 6.45) is 2.09. The standard InChI is InChI=1S/C15H31N3O2/c1-5-9-16-15(4,14(19)20)12-17-10-8-13(11-17)18(6-2)7-3/h13,16H,5-12H2,1-4H3,(H,19,20). The summed E-state index contributed by atoms with van der Waals surface area (Å²) in [5.41, 5.74) is -0.839. The summed E-state index contributed by atoms with van der Waals surface area (Å²) < 4.78 is 0. The van der Waals surface area contributed by atoms with Gasteiger partial charge in [-0.25, -0.2) is 0 Å². The zero-order valence-electron chi connectivity index (χ0n) is 13.5. The van der Waals surface area contributed by atoms with E-state index in [4.69, 9.17) is 0 Å². The Morgan fingerprint density at radius 1 is 1.40 bits per heavy atom. The average Bonchev–Trinajstić information content (AvgIpc) is 2.86. The molecule has 5 nitrogen and oxygen atoms in total. The number of hydrogen-bond acceptors (Lipinski definition) is 4. The Hall–Kier alpha value is -0.650. The molecule has 1 fully saturated rings. The van der Waals surface area contributed by atoms with Gasteiger partial charge in [-0.2, -0.15) is 0 Å². The van der Waals surface area contributed by atoms with E-state index in [2.05, 4.69) is 35.9 Å².